The van der Waals surface area contributed by atoms with Gasteiger partial charge in [-0.3, -0.25) is 14.2 Å². The normalized spacial score (nSPS) is 11.6. The summed E-state index contributed by atoms with van der Waals surface area (Å²) >= 11 is 12.3. The summed E-state index contributed by atoms with van der Waals surface area (Å²) in [6.45, 7) is 5.38. The maximum Gasteiger partial charge on any atom is 0.263 e. The second-order valence-electron chi connectivity index (χ2n) is 9.07. The third-order valence-electron chi connectivity index (χ3n) is 6.04. The molecule has 208 valence electrons. The molecule has 0 fully saturated rings. The predicted molar refractivity (Wildman–Crippen MR) is 160 cm³/mol. The first-order valence-electron chi connectivity index (χ1n) is 11.9. The molecule has 0 unspecified atom stereocenters. The van der Waals surface area contributed by atoms with Crippen molar-refractivity contribution in [1.29, 1.82) is 0 Å². The molecule has 0 saturated carbocycles. The molecule has 0 aliphatic carbocycles. The number of hydrogen-bond acceptors (Lipinski definition) is 5. The first kappa shape index (κ1) is 29.4. The molecule has 0 spiro atoms. The SMILES string of the molecule is Cc1ccc(NS(=O)(=O)c2cc(C(=O)Nc3ccc(S(=O)(=O)Nc4cccc(Cl)c4C)cc3)ccc2Cl)c(C)c1. The Labute approximate surface area is 243 Å². The summed E-state index contributed by atoms with van der Waals surface area (Å²) in [7, 11) is -8.02. The minimum absolute atomic E-state index is 0.0257. The van der Waals surface area contributed by atoms with Crippen LogP contribution in [0, 0.1) is 20.8 Å². The molecule has 0 heterocycles. The summed E-state index contributed by atoms with van der Waals surface area (Å²) in [5.74, 6) is -0.608. The Morgan fingerprint density at radius 1 is 0.700 bits per heavy atom. The monoisotopic (exact) mass is 617 g/mol. The van der Waals surface area contributed by atoms with E-state index < -0.39 is 26.0 Å². The van der Waals surface area contributed by atoms with Crippen molar-refractivity contribution in [2.24, 2.45) is 0 Å². The second kappa shape index (κ2) is 11.5. The number of carbonyl (C=O) groups excluding carboxylic acids is 1. The van der Waals surface area contributed by atoms with E-state index in [1.807, 2.05) is 13.0 Å². The van der Waals surface area contributed by atoms with Gasteiger partial charge in [-0.25, -0.2) is 16.8 Å². The quantitative estimate of drug-likeness (QED) is 0.201. The van der Waals surface area contributed by atoms with E-state index in [9.17, 15) is 21.6 Å². The van der Waals surface area contributed by atoms with Crippen LogP contribution in [0.15, 0.2) is 88.7 Å². The van der Waals surface area contributed by atoms with E-state index in [2.05, 4.69) is 14.8 Å². The molecule has 4 aromatic carbocycles. The maximum absolute atomic E-state index is 13.1. The van der Waals surface area contributed by atoms with E-state index in [0.29, 0.717) is 27.6 Å². The van der Waals surface area contributed by atoms with E-state index in [-0.39, 0.29) is 20.4 Å². The van der Waals surface area contributed by atoms with Crippen LogP contribution in [0.4, 0.5) is 17.1 Å². The highest BCUT2D eigenvalue weighted by Gasteiger charge is 2.22. The minimum atomic E-state index is -4.11. The van der Waals surface area contributed by atoms with Crippen LogP contribution in [-0.4, -0.2) is 22.7 Å². The van der Waals surface area contributed by atoms with Gasteiger partial charge in [0.15, 0.2) is 0 Å². The predicted octanol–water partition coefficient (Wildman–Crippen LogP) is 6.77. The smallest absolute Gasteiger partial charge is 0.263 e. The topological polar surface area (TPSA) is 121 Å². The lowest BCUT2D eigenvalue weighted by Crippen LogP contribution is -2.17. The van der Waals surface area contributed by atoms with Gasteiger partial charge < -0.3 is 5.32 Å². The molecule has 0 bridgehead atoms. The van der Waals surface area contributed by atoms with E-state index in [0.717, 1.165) is 11.1 Å². The molecule has 0 atom stereocenters. The Morgan fingerprint density at radius 2 is 1.38 bits per heavy atom. The zero-order valence-corrected chi connectivity index (χ0v) is 24.8. The largest absolute Gasteiger partial charge is 0.322 e. The number of amides is 1. The summed E-state index contributed by atoms with van der Waals surface area (Å²) in [5.41, 5.74) is 3.39. The Kier molecular flexibility index (Phi) is 8.46. The highest BCUT2D eigenvalue weighted by Crippen LogP contribution is 2.28. The van der Waals surface area contributed by atoms with Crippen molar-refractivity contribution in [1.82, 2.24) is 0 Å². The zero-order chi connectivity index (χ0) is 29.2. The molecule has 0 aliphatic rings. The van der Waals surface area contributed by atoms with E-state index in [1.54, 1.807) is 44.2 Å². The molecular formula is C28H25Cl2N3O5S2. The summed E-state index contributed by atoms with van der Waals surface area (Å²) in [6, 6.07) is 19.6. The highest BCUT2D eigenvalue weighted by molar-refractivity contribution is 7.93. The molecule has 3 N–H and O–H groups in total. The Hall–Kier alpha value is -3.57. The Balaban J connectivity index is 1.51. The van der Waals surface area contributed by atoms with Crippen LogP contribution in [0.25, 0.3) is 0 Å². The molecule has 1 amide bonds. The molecular weight excluding hydrogens is 593 g/mol. The summed E-state index contributed by atoms with van der Waals surface area (Å²) in [6.07, 6.45) is 0. The van der Waals surface area contributed by atoms with E-state index >= 15 is 0 Å². The van der Waals surface area contributed by atoms with Crippen molar-refractivity contribution in [2.75, 3.05) is 14.8 Å². The lowest BCUT2D eigenvalue weighted by atomic mass is 10.1. The number of hydrogen-bond donors (Lipinski definition) is 3. The lowest BCUT2D eigenvalue weighted by molar-refractivity contribution is 0.102. The molecule has 0 aliphatic heterocycles. The van der Waals surface area contributed by atoms with Gasteiger partial charge in [-0.2, -0.15) is 0 Å². The lowest BCUT2D eigenvalue weighted by Gasteiger charge is -2.14. The standard InChI is InChI=1S/C28H25Cl2N3O5S2/c1-17-7-14-25(18(2)15-17)32-40(37,38)27-16-20(8-13-24(27)30)28(34)31-21-9-11-22(12-10-21)39(35,36)33-26-6-4-5-23(29)19(26)3/h4-16,32-33H,1-3H3,(H,31,34). The first-order chi connectivity index (χ1) is 18.8. The number of nitrogens with one attached hydrogen (secondary N) is 3. The second-order valence-corrected chi connectivity index (χ2v) is 13.2. The molecule has 0 saturated heterocycles. The molecule has 4 aromatic rings. The van der Waals surface area contributed by atoms with Crippen LogP contribution in [0.1, 0.15) is 27.0 Å². The Bertz CT molecular complexity index is 1830. The zero-order valence-electron chi connectivity index (χ0n) is 21.6. The molecule has 0 aromatic heterocycles. The molecule has 0 radical (unpaired) electrons. The number of rotatable bonds is 8. The third-order valence-corrected chi connectivity index (χ3v) is 9.68. The number of aryl methyl sites for hydroxylation is 2. The van der Waals surface area contributed by atoms with Gasteiger partial charge in [-0.05, 0) is 92.6 Å². The van der Waals surface area contributed by atoms with Gasteiger partial charge in [0.25, 0.3) is 26.0 Å². The van der Waals surface area contributed by atoms with Crippen molar-refractivity contribution in [3.63, 3.8) is 0 Å². The highest BCUT2D eigenvalue weighted by atomic mass is 35.5. The van der Waals surface area contributed by atoms with Gasteiger partial charge in [0, 0.05) is 16.3 Å². The van der Waals surface area contributed by atoms with Gasteiger partial charge in [0.2, 0.25) is 0 Å². The maximum atomic E-state index is 13.1. The summed E-state index contributed by atoms with van der Waals surface area (Å²) < 4.78 is 56.9. The molecule has 12 heteroatoms. The Morgan fingerprint density at radius 3 is 2.05 bits per heavy atom. The minimum Gasteiger partial charge on any atom is -0.322 e. The van der Waals surface area contributed by atoms with Crippen LogP contribution in [0.5, 0.6) is 0 Å². The van der Waals surface area contributed by atoms with E-state index in [1.165, 1.54) is 42.5 Å². The summed E-state index contributed by atoms with van der Waals surface area (Å²) in [4.78, 5) is 12.6. The van der Waals surface area contributed by atoms with Crippen molar-refractivity contribution in [2.45, 2.75) is 30.6 Å². The number of halogens is 2. The van der Waals surface area contributed by atoms with Gasteiger partial charge in [0.1, 0.15) is 4.90 Å². The van der Waals surface area contributed by atoms with Crippen LogP contribution < -0.4 is 14.8 Å². The van der Waals surface area contributed by atoms with Gasteiger partial charge >= 0.3 is 0 Å². The third kappa shape index (κ3) is 6.59. The average molecular weight is 619 g/mol. The first-order valence-corrected chi connectivity index (χ1v) is 15.6. The van der Waals surface area contributed by atoms with Crippen LogP contribution >= 0.6 is 23.2 Å². The van der Waals surface area contributed by atoms with Crippen molar-refractivity contribution < 1.29 is 21.6 Å². The van der Waals surface area contributed by atoms with Crippen molar-refractivity contribution >= 4 is 66.2 Å². The van der Waals surface area contributed by atoms with Gasteiger partial charge in [0.05, 0.1) is 21.3 Å². The average Bonchev–Trinajstić information content (AvgIpc) is 2.89. The number of sulfonamides is 2. The number of benzene rings is 4. The fraction of sp³-hybridized carbons (Fsp3) is 0.107. The molecule has 8 nitrogen and oxygen atoms in total. The molecule has 4 rings (SSSR count). The van der Waals surface area contributed by atoms with Crippen molar-refractivity contribution in [3.8, 4) is 0 Å². The fourth-order valence-electron chi connectivity index (χ4n) is 3.82. The van der Waals surface area contributed by atoms with Crippen LogP contribution in [-0.2, 0) is 20.0 Å². The number of anilines is 3. The van der Waals surface area contributed by atoms with Gasteiger partial charge in [-0.15, -0.1) is 0 Å². The molecule has 40 heavy (non-hydrogen) atoms. The number of carbonyl (C=O) groups is 1. The fourth-order valence-corrected chi connectivity index (χ4v) is 6.78. The van der Waals surface area contributed by atoms with Crippen LogP contribution in [0.3, 0.4) is 0 Å². The summed E-state index contributed by atoms with van der Waals surface area (Å²) in [5, 5.41) is 3.01. The van der Waals surface area contributed by atoms with Gasteiger partial charge in [-0.1, -0.05) is 47.0 Å². The van der Waals surface area contributed by atoms with Crippen molar-refractivity contribution in [3.05, 3.63) is 111 Å². The van der Waals surface area contributed by atoms with E-state index in [4.69, 9.17) is 23.2 Å². The van der Waals surface area contributed by atoms with Crippen LogP contribution in [0.2, 0.25) is 10.0 Å².